The summed E-state index contributed by atoms with van der Waals surface area (Å²) in [5, 5.41) is 0.196. The molecule has 0 bridgehead atoms. The van der Waals surface area contributed by atoms with Gasteiger partial charge in [0.2, 0.25) is 15.0 Å². The third-order valence-electron chi connectivity index (χ3n) is 5.38. The Labute approximate surface area is 215 Å². The maximum atomic E-state index is 14.0. The van der Waals surface area contributed by atoms with Crippen LogP contribution in [-0.2, 0) is 26.0 Å². The van der Waals surface area contributed by atoms with Crippen molar-refractivity contribution >= 4 is 36.6 Å². The van der Waals surface area contributed by atoms with Gasteiger partial charge < -0.3 is 10.7 Å². The van der Waals surface area contributed by atoms with Gasteiger partial charge in [-0.15, -0.1) is 0 Å². The number of pyridine rings is 1. The summed E-state index contributed by atoms with van der Waals surface area (Å²) in [4.78, 5) is 11.2. The Morgan fingerprint density at radius 3 is 2.26 bits per heavy atom. The van der Waals surface area contributed by atoms with Crippen LogP contribution >= 0.6 is 0 Å². The average Bonchev–Trinajstić information content (AvgIpc) is 3.23. The van der Waals surface area contributed by atoms with Gasteiger partial charge in [-0.05, 0) is 24.3 Å². The molecular formula is C22H20F3N7O4S2. The lowest BCUT2D eigenvalue weighted by molar-refractivity contribution is -0.137. The molecule has 3 heterocycles. The van der Waals surface area contributed by atoms with Crippen molar-refractivity contribution in [2.75, 3.05) is 13.3 Å². The summed E-state index contributed by atoms with van der Waals surface area (Å²) in [6.07, 6.45) is -1.89. The minimum absolute atomic E-state index is 0.0621. The van der Waals surface area contributed by atoms with Gasteiger partial charge in [-0.1, -0.05) is 18.2 Å². The first kappa shape index (κ1) is 27.0. The molecule has 0 aliphatic heterocycles. The summed E-state index contributed by atoms with van der Waals surface area (Å²) < 4.78 is 93.9. The number of hydrogen-bond donors (Lipinski definition) is 2. The van der Waals surface area contributed by atoms with Crippen LogP contribution in [0.2, 0.25) is 0 Å². The monoisotopic (exact) mass is 567 g/mol. The van der Waals surface area contributed by atoms with E-state index in [9.17, 15) is 30.0 Å². The number of hydrogen-bond acceptors (Lipinski definition) is 10. The van der Waals surface area contributed by atoms with Crippen molar-refractivity contribution in [2.24, 2.45) is 11.6 Å². The van der Waals surface area contributed by atoms with Crippen LogP contribution in [0.25, 0.3) is 28.0 Å². The number of rotatable bonds is 6. The molecule has 3 aromatic heterocycles. The largest absolute Gasteiger partial charge is 0.419 e. The predicted molar refractivity (Wildman–Crippen MR) is 132 cm³/mol. The molecule has 0 atom stereocenters. The molecule has 16 heteroatoms. The Morgan fingerprint density at radius 1 is 1.05 bits per heavy atom. The fourth-order valence-corrected chi connectivity index (χ4v) is 5.48. The van der Waals surface area contributed by atoms with Crippen LogP contribution in [0.3, 0.4) is 0 Å². The highest BCUT2D eigenvalue weighted by Gasteiger charge is 2.37. The van der Waals surface area contributed by atoms with Gasteiger partial charge in [0.15, 0.2) is 5.65 Å². The van der Waals surface area contributed by atoms with E-state index in [0.29, 0.717) is 10.2 Å². The van der Waals surface area contributed by atoms with Gasteiger partial charge >= 0.3 is 6.18 Å². The Bertz CT molecular complexity index is 1780. The van der Waals surface area contributed by atoms with E-state index in [0.717, 1.165) is 23.7 Å². The van der Waals surface area contributed by atoms with Gasteiger partial charge in [0.1, 0.15) is 5.56 Å². The van der Waals surface area contributed by atoms with Crippen molar-refractivity contribution in [3.8, 4) is 11.3 Å². The number of fused-ring (bicyclic) bond motifs is 1. The molecule has 4 rings (SSSR count). The zero-order chi connectivity index (χ0) is 28.0. The maximum absolute atomic E-state index is 14.0. The minimum atomic E-state index is -5.00. The Kier molecular flexibility index (Phi) is 6.67. The highest BCUT2D eigenvalue weighted by Crippen LogP contribution is 2.40. The quantitative estimate of drug-likeness (QED) is 0.200. The van der Waals surface area contributed by atoms with E-state index in [1.54, 1.807) is 6.07 Å². The molecular weight excluding hydrogens is 547 g/mol. The third-order valence-corrected chi connectivity index (χ3v) is 7.90. The summed E-state index contributed by atoms with van der Waals surface area (Å²) >= 11 is 0. The molecule has 200 valence electrons. The zero-order valence-electron chi connectivity index (χ0n) is 19.7. The topological polar surface area (TPSA) is 167 Å². The van der Waals surface area contributed by atoms with Crippen molar-refractivity contribution in [2.45, 2.75) is 16.2 Å². The van der Waals surface area contributed by atoms with Gasteiger partial charge in [-0.2, -0.15) is 13.2 Å². The molecule has 0 spiro atoms. The van der Waals surface area contributed by atoms with Crippen molar-refractivity contribution in [1.29, 1.82) is 0 Å². The van der Waals surface area contributed by atoms with Gasteiger partial charge in [-0.3, -0.25) is 0 Å². The van der Waals surface area contributed by atoms with Crippen molar-refractivity contribution in [1.82, 2.24) is 23.9 Å². The van der Waals surface area contributed by atoms with Crippen LogP contribution in [-0.4, -0.2) is 54.1 Å². The van der Waals surface area contributed by atoms with Crippen LogP contribution in [0, 0.1) is 0 Å². The SMILES string of the molecule is CN(N)/C(=C\N)c1ccc2c(-c3nc(S(C)(=O)=O)ncc3C(F)(F)F)cn(S(=O)(=O)c3ccccc3)c2n1. The molecule has 0 aliphatic rings. The van der Waals surface area contributed by atoms with Crippen molar-refractivity contribution in [3.63, 3.8) is 0 Å². The number of sulfone groups is 1. The lowest BCUT2D eigenvalue weighted by Crippen LogP contribution is -2.25. The molecule has 0 aliphatic carbocycles. The first-order chi connectivity index (χ1) is 17.7. The molecule has 38 heavy (non-hydrogen) atoms. The Balaban J connectivity index is 2.14. The summed E-state index contributed by atoms with van der Waals surface area (Å²) in [6, 6.07) is 9.84. The second-order valence-corrected chi connectivity index (χ2v) is 11.8. The van der Waals surface area contributed by atoms with Crippen molar-refractivity contribution in [3.05, 3.63) is 72.3 Å². The fourth-order valence-electron chi connectivity index (χ4n) is 3.64. The zero-order valence-corrected chi connectivity index (χ0v) is 21.4. The lowest BCUT2D eigenvalue weighted by Gasteiger charge is -2.16. The Morgan fingerprint density at radius 2 is 1.71 bits per heavy atom. The molecule has 0 radical (unpaired) electrons. The fraction of sp³-hybridized carbons (Fsp3) is 0.136. The number of nitrogens with zero attached hydrogens (tertiary/aromatic N) is 5. The average molecular weight is 568 g/mol. The minimum Gasteiger partial charge on any atom is -0.403 e. The standard InChI is InChI=1S/C22H20F3N7O4S2/c1-31(27)18(10-26)17-9-8-14-15(19-16(22(23,24)25)11-28-21(30-19)37(2,33)34)12-32(20(14)29-17)38(35,36)13-6-4-3-5-7-13/h3-12H,26-27H2,1-2H3/b18-10-. The first-order valence-electron chi connectivity index (χ1n) is 10.5. The number of alkyl halides is 3. The number of nitrogens with two attached hydrogens (primary N) is 2. The molecule has 0 saturated carbocycles. The van der Waals surface area contributed by atoms with E-state index < -0.39 is 42.5 Å². The van der Waals surface area contributed by atoms with Crippen LogP contribution in [0.15, 0.2) is 71.1 Å². The van der Waals surface area contributed by atoms with E-state index in [4.69, 9.17) is 11.6 Å². The van der Waals surface area contributed by atoms with E-state index in [1.807, 2.05) is 0 Å². The smallest absolute Gasteiger partial charge is 0.403 e. The Hall–Kier alpha value is -4.02. The van der Waals surface area contributed by atoms with Crippen LogP contribution in [0.1, 0.15) is 11.3 Å². The van der Waals surface area contributed by atoms with E-state index in [2.05, 4.69) is 15.0 Å². The maximum Gasteiger partial charge on any atom is 0.419 e. The van der Waals surface area contributed by atoms with Crippen LogP contribution in [0.4, 0.5) is 13.2 Å². The molecule has 0 saturated heterocycles. The molecule has 0 unspecified atom stereocenters. The van der Waals surface area contributed by atoms with E-state index in [1.165, 1.54) is 43.4 Å². The van der Waals surface area contributed by atoms with Crippen molar-refractivity contribution < 1.29 is 30.0 Å². The van der Waals surface area contributed by atoms with E-state index >= 15 is 0 Å². The summed E-state index contributed by atoms with van der Waals surface area (Å²) in [5.41, 5.74) is 3.15. The predicted octanol–water partition coefficient (Wildman–Crippen LogP) is 2.22. The number of hydrazine groups is 1. The molecule has 11 nitrogen and oxygen atoms in total. The molecule has 0 fully saturated rings. The highest BCUT2D eigenvalue weighted by atomic mass is 32.2. The second-order valence-electron chi connectivity index (χ2n) is 8.07. The van der Waals surface area contributed by atoms with Gasteiger partial charge in [-0.25, -0.2) is 41.6 Å². The van der Waals surface area contributed by atoms with Crippen LogP contribution < -0.4 is 11.6 Å². The third kappa shape index (κ3) is 4.80. The van der Waals surface area contributed by atoms with Crippen LogP contribution in [0.5, 0.6) is 0 Å². The molecule has 0 amide bonds. The number of benzene rings is 1. The normalized spacial score (nSPS) is 13.2. The molecule has 4 aromatic rings. The number of halogens is 3. The first-order valence-corrected chi connectivity index (χ1v) is 13.9. The van der Waals surface area contributed by atoms with Gasteiger partial charge in [0.05, 0.1) is 22.0 Å². The molecule has 1 aromatic carbocycles. The van der Waals surface area contributed by atoms with Gasteiger partial charge in [0, 0.05) is 42.8 Å². The summed E-state index contributed by atoms with van der Waals surface area (Å²) in [7, 11) is -7.05. The summed E-state index contributed by atoms with van der Waals surface area (Å²) in [5.74, 6) is 5.78. The van der Waals surface area contributed by atoms with Gasteiger partial charge in [0.25, 0.3) is 10.0 Å². The van der Waals surface area contributed by atoms with E-state index in [-0.39, 0.29) is 32.9 Å². The lowest BCUT2D eigenvalue weighted by atomic mass is 10.1. The summed E-state index contributed by atoms with van der Waals surface area (Å²) in [6.45, 7) is 0. The molecule has 4 N–H and O–H groups in total. The second kappa shape index (κ2) is 9.38. The highest BCUT2D eigenvalue weighted by molar-refractivity contribution is 7.90. The number of aromatic nitrogens is 4.